The zero-order valence-corrected chi connectivity index (χ0v) is 13.9. The summed E-state index contributed by atoms with van der Waals surface area (Å²) < 4.78 is 3.09. The highest BCUT2D eigenvalue weighted by Gasteiger charge is 2.45. The van der Waals surface area contributed by atoms with Gasteiger partial charge in [0.15, 0.2) is 0 Å². The first-order valence-electron chi connectivity index (χ1n) is 7.39. The van der Waals surface area contributed by atoms with Gasteiger partial charge in [0.25, 0.3) is 0 Å². The first-order valence-corrected chi connectivity index (χ1v) is 8.19. The van der Waals surface area contributed by atoms with Crippen LogP contribution in [0.5, 0.6) is 0 Å². The maximum atomic E-state index is 8.74. The van der Waals surface area contributed by atoms with Gasteiger partial charge in [-0.25, -0.2) is 0 Å². The molecule has 3 nitrogen and oxygen atoms in total. The van der Waals surface area contributed by atoms with Crippen molar-refractivity contribution in [2.75, 3.05) is 0 Å². The number of halogens is 1. The molecule has 4 rings (SSSR count). The molecule has 1 aromatic heterocycles. The van der Waals surface area contributed by atoms with E-state index in [0.29, 0.717) is 0 Å². The Labute approximate surface area is 133 Å². The molecule has 0 aliphatic heterocycles. The molecule has 1 heterocycles. The van der Waals surface area contributed by atoms with Gasteiger partial charge in [0, 0.05) is 33.9 Å². The fourth-order valence-corrected chi connectivity index (χ4v) is 4.48. The Morgan fingerprint density at radius 3 is 2.95 bits per heavy atom. The van der Waals surface area contributed by atoms with Crippen molar-refractivity contribution in [1.29, 1.82) is 5.41 Å². The Kier molecular flexibility index (Phi) is 2.71. The average molecular weight is 344 g/mol. The van der Waals surface area contributed by atoms with Crippen molar-refractivity contribution in [3.8, 4) is 0 Å². The molecule has 1 aromatic carbocycles. The molecule has 2 aromatic rings. The lowest BCUT2D eigenvalue weighted by Crippen LogP contribution is -2.35. The van der Waals surface area contributed by atoms with E-state index in [-0.39, 0.29) is 5.41 Å². The van der Waals surface area contributed by atoms with E-state index in [1.807, 2.05) is 11.7 Å². The lowest BCUT2D eigenvalue weighted by Gasteiger charge is -2.33. The maximum Gasteiger partial charge on any atom is 0.0628 e. The number of nitrogens with zero attached hydrogens (tertiary/aromatic N) is 2. The van der Waals surface area contributed by atoms with Crippen LogP contribution in [0.15, 0.2) is 22.7 Å². The van der Waals surface area contributed by atoms with E-state index in [1.165, 1.54) is 16.8 Å². The zero-order chi connectivity index (χ0) is 14.8. The molecule has 2 aliphatic rings. The molecule has 2 aliphatic carbocycles. The fourth-order valence-electron chi connectivity index (χ4n) is 4.12. The van der Waals surface area contributed by atoms with Crippen LogP contribution in [0.3, 0.4) is 0 Å². The summed E-state index contributed by atoms with van der Waals surface area (Å²) >= 11 is 3.54. The van der Waals surface area contributed by atoms with Gasteiger partial charge in [0.2, 0.25) is 0 Å². The van der Waals surface area contributed by atoms with Crippen molar-refractivity contribution in [3.63, 3.8) is 0 Å². The summed E-state index contributed by atoms with van der Waals surface area (Å²) in [5.41, 5.74) is 7.15. The number of fused-ring (bicyclic) bond motifs is 2. The summed E-state index contributed by atoms with van der Waals surface area (Å²) in [6, 6.07) is 6.38. The Hall–Kier alpha value is -1.42. The van der Waals surface area contributed by atoms with Gasteiger partial charge in [0.1, 0.15) is 0 Å². The largest absolute Gasteiger partial charge is 0.304 e. The van der Waals surface area contributed by atoms with Crippen LogP contribution in [0.25, 0.3) is 0 Å². The Morgan fingerprint density at radius 2 is 2.14 bits per heavy atom. The smallest absolute Gasteiger partial charge is 0.0628 e. The molecule has 4 heteroatoms. The molecule has 0 amide bonds. The lowest BCUT2D eigenvalue weighted by molar-refractivity contribution is 0.364. The van der Waals surface area contributed by atoms with Crippen LogP contribution in [0.1, 0.15) is 34.5 Å². The fraction of sp³-hybridized carbons (Fsp3) is 0.412. The summed E-state index contributed by atoms with van der Waals surface area (Å²) in [4.78, 5) is 0. The molecule has 0 saturated carbocycles. The van der Waals surface area contributed by atoms with Crippen LogP contribution < -0.4 is 0 Å². The Morgan fingerprint density at radius 1 is 1.33 bits per heavy atom. The molecule has 0 bridgehead atoms. The van der Waals surface area contributed by atoms with E-state index in [0.717, 1.165) is 47.1 Å². The molecule has 0 radical (unpaired) electrons. The topological polar surface area (TPSA) is 41.7 Å². The first-order chi connectivity index (χ1) is 10.00. The predicted octanol–water partition coefficient (Wildman–Crippen LogP) is 3.59. The number of nitrogens with one attached hydrogen (secondary N) is 1. The Bertz CT molecular complexity index is 775. The van der Waals surface area contributed by atoms with E-state index in [4.69, 9.17) is 5.41 Å². The third-order valence-electron chi connectivity index (χ3n) is 5.23. The summed E-state index contributed by atoms with van der Waals surface area (Å²) in [6.45, 7) is 2.10. The molecular weight excluding hydrogens is 326 g/mol. The van der Waals surface area contributed by atoms with Crippen LogP contribution in [-0.4, -0.2) is 15.5 Å². The second-order valence-electron chi connectivity index (χ2n) is 6.44. The van der Waals surface area contributed by atoms with E-state index >= 15 is 0 Å². The van der Waals surface area contributed by atoms with Crippen LogP contribution in [0.4, 0.5) is 0 Å². The summed E-state index contributed by atoms with van der Waals surface area (Å²) in [6.07, 6.45) is 4.06. The minimum atomic E-state index is -0.0100. The normalized spacial score (nSPS) is 23.5. The van der Waals surface area contributed by atoms with Crippen LogP contribution >= 0.6 is 15.9 Å². The van der Waals surface area contributed by atoms with Gasteiger partial charge in [-0.15, -0.1) is 0 Å². The minimum absolute atomic E-state index is 0.0100. The number of benzene rings is 1. The number of hydrogen-bond donors (Lipinski definition) is 1. The number of hydrogen-bond acceptors (Lipinski definition) is 2. The van der Waals surface area contributed by atoms with Crippen molar-refractivity contribution >= 4 is 21.6 Å². The quantitative estimate of drug-likeness (QED) is 0.780. The summed E-state index contributed by atoms with van der Waals surface area (Å²) in [7, 11) is 2.04. The van der Waals surface area contributed by atoms with Crippen molar-refractivity contribution in [2.45, 2.75) is 32.6 Å². The molecule has 108 valence electrons. The summed E-state index contributed by atoms with van der Waals surface area (Å²) in [5.74, 6) is 0. The Balaban J connectivity index is 1.79. The second-order valence-corrected chi connectivity index (χ2v) is 7.36. The average Bonchev–Trinajstić information content (AvgIpc) is 2.88. The van der Waals surface area contributed by atoms with Crippen LogP contribution in [-0.2, 0) is 26.3 Å². The minimum Gasteiger partial charge on any atom is -0.304 e. The number of aromatic nitrogens is 2. The molecule has 1 spiro atoms. The first kappa shape index (κ1) is 13.3. The van der Waals surface area contributed by atoms with Crippen LogP contribution in [0, 0.1) is 17.7 Å². The van der Waals surface area contributed by atoms with Crippen molar-refractivity contribution in [3.05, 3.63) is 50.8 Å². The molecule has 1 atom stereocenters. The molecule has 0 fully saturated rings. The van der Waals surface area contributed by atoms with Gasteiger partial charge in [-0.2, -0.15) is 5.10 Å². The van der Waals surface area contributed by atoms with E-state index in [1.54, 1.807) is 0 Å². The van der Waals surface area contributed by atoms with Crippen molar-refractivity contribution in [1.82, 2.24) is 9.78 Å². The van der Waals surface area contributed by atoms with E-state index in [2.05, 4.69) is 46.2 Å². The van der Waals surface area contributed by atoms with Crippen molar-refractivity contribution < 1.29 is 0 Å². The van der Waals surface area contributed by atoms with Crippen molar-refractivity contribution in [2.24, 2.45) is 12.5 Å². The third kappa shape index (κ3) is 1.78. The molecule has 21 heavy (non-hydrogen) atoms. The molecule has 1 N–H and O–H groups in total. The van der Waals surface area contributed by atoms with Gasteiger partial charge in [0.05, 0.1) is 5.69 Å². The van der Waals surface area contributed by atoms with Gasteiger partial charge in [-0.3, -0.25) is 4.68 Å². The second kappa shape index (κ2) is 4.29. The predicted molar refractivity (Wildman–Crippen MR) is 87.1 cm³/mol. The highest BCUT2D eigenvalue weighted by atomic mass is 79.9. The van der Waals surface area contributed by atoms with Gasteiger partial charge >= 0.3 is 0 Å². The highest BCUT2D eigenvalue weighted by molar-refractivity contribution is 9.10. The third-order valence-corrected chi connectivity index (χ3v) is 5.72. The summed E-state index contributed by atoms with van der Waals surface area (Å²) in [5, 5.41) is 13.3. The standard InChI is InChI=1S/C17H18BrN3/c1-10-14-9-17(6-5-15(14)21(2)20-10)8-11-3-4-12(18)7-13(11)16(17)19/h3-4,7,19H,5-6,8-9H2,1-2H3. The van der Waals surface area contributed by atoms with Gasteiger partial charge in [-0.05, 0) is 55.9 Å². The molecule has 0 saturated heterocycles. The van der Waals surface area contributed by atoms with Crippen LogP contribution in [0.2, 0.25) is 0 Å². The van der Waals surface area contributed by atoms with Gasteiger partial charge < -0.3 is 5.41 Å². The molecule has 1 unspecified atom stereocenters. The highest BCUT2D eigenvalue weighted by Crippen LogP contribution is 2.47. The van der Waals surface area contributed by atoms with Gasteiger partial charge in [-0.1, -0.05) is 22.0 Å². The number of aryl methyl sites for hydroxylation is 2. The van der Waals surface area contributed by atoms with E-state index in [9.17, 15) is 0 Å². The SMILES string of the molecule is Cc1nn(C)c2c1CC1(CC2)Cc2ccc(Br)cc2C1=N. The lowest BCUT2D eigenvalue weighted by atomic mass is 9.70. The van der Waals surface area contributed by atoms with E-state index < -0.39 is 0 Å². The maximum absolute atomic E-state index is 8.74. The monoisotopic (exact) mass is 343 g/mol. The zero-order valence-electron chi connectivity index (χ0n) is 12.3. The molecular formula is C17H18BrN3. The number of rotatable bonds is 0.